The number of aromatic nitrogens is 2. The lowest BCUT2D eigenvalue weighted by molar-refractivity contribution is -0.132. The Balaban J connectivity index is 1.27. The third-order valence-corrected chi connectivity index (χ3v) is 5.80. The Morgan fingerprint density at radius 3 is 2.53 bits per heavy atom. The Kier molecular flexibility index (Phi) is 6.30. The zero-order valence-electron chi connectivity index (χ0n) is 17.9. The summed E-state index contributed by atoms with van der Waals surface area (Å²) >= 11 is 0. The summed E-state index contributed by atoms with van der Waals surface area (Å²) in [7, 11) is 0. The number of hydrogen-bond acceptors (Lipinski definition) is 4. The molecular formula is C24H25FN4O3. The molecule has 1 saturated heterocycles. The number of H-pyrrole nitrogens is 1. The maximum atomic E-state index is 13.8. The van der Waals surface area contributed by atoms with Gasteiger partial charge in [-0.1, -0.05) is 18.2 Å². The minimum absolute atomic E-state index is 0.0154. The number of hydrogen-bond donors (Lipinski definition) is 1. The van der Waals surface area contributed by atoms with E-state index in [2.05, 4.69) is 9.97 Å². The van der Waals surface area contributed by atoms with Gasteiger partial charge in [-0.05, 0) is 43.2 Å². The van der Waals surface area contributed by atoms with Gasteiger partial charge < -0.3 is 14.8 Å². The zero-order chi connectivity index (χ0) is 22.7. The average molecular weight is 436 g/mol. The Labute approximate surface area is 184 Å². The molecule has 1 aliphatic rings. The summed E-state index contributed by atoms with van der Waals surface area (Å²) in [6.45, 7) is 3.38. The van der Waals surface area contributed by atoms with E-state index in [-0.39, 0.29) is 17.4 Å². The fourth-order valence-corrected chi connectivity index (χ4v) is 3.89. The molecule has 1 aliphatic heterocycles. The van der Waals surface area contributed by atoms with Crippen LogP contribution in [0.25, 0.3) is 10.9 Å². The van der Waals surface area contributed by atoms with Crippen LogP contribution in [0.5, 0.6) is 0 Å². The molecule has 3 aromatic rings. The maximum absolute atomic E-state index is 13.8. The highest BCUT2D eigenvalue weighted by Gasteiger charge is 2.25. The average Bonchev–Trinajstić information content (AvgIpc) is 2.80. The van der Waals surface area contributed by atoms with Crippen molar-refractivity contribution in [3.05, 3.63) is 75.6 Å². The van der Waals surface area contributed by atoms with Gasteiger partial charge in [-0.15, -0.1) is 0 Å². The predicted molar refractivity (Wildman–Crippen MR) is 119 cm³/mol. The van der Waals surface area contributed by atoms with Crippen LogP contribution in [-0.2, 0) is 11.2 Å². The highest BCUT2D eigenvalue weighted by molar-refractivity contribution is 5.94. The number of amides is 2. The predicted octanol–water partition coefficient (Wildman–Crippen LogP) is 2.68. The van der Waals surface area contributed by atoms with Crippen molar-refractivity contribution in [2.24, 2.45) is 0 Å². The summed E-state index contributed by atoms with van der Waals surface area (Å²) in [5.74, 6) is -0.0295. The molecule has 0 aliphatic carbocycles. The summed E-state index contributed by atoms with van der Waals surface area (Å²) < 4.78 is 13.8. The number of para-hydroxylation sites is 1. The highest BCUT2D eigenvalue weighted by Crippen LogP contribution is 2.14. The Morgan fingerprint density at radius 1 is 1.06 bits per heavy atom. The first-order valence-electron chi connectivity index (χ1n) is 10.7. The van der Waals surface area contributed by atoms with Crippen molar-refractivity contribution in [3.8, 4) is 0 Å². The summed E-state index contributed by atoms with van der Waals surface area (Å²) in [4.78, 5) is 48.0. The number of nitrogens with one attached hydrogen (secondary N) is 1. The second-order valence-electron chi connectivity index (χ2n) is 8.02. The second-order valence-corrected chi connectivity index (χ2v) is 8.02. The zero-order valence-corrected chi connectivity index (χ0v) is 17.9. The van der Waals surface area contributed by atoms with Crippen LogP contribution in [0.15, 0.2) is 47.3 Å². The first-order chi connectivity index (χ1) is 15.4. The van der Waals surface area contributed by atoms with Gasteiger partial charge in [0.15, 0.2) is 0 Å². The van der Waals surface area contributed by atoms with Gasteiger partial charge in [-0.2, -0.15) is 0 Å². The summed E-state index contributed by atoms with van der Waals surface area (Å²) in [6, 6.07) is 11.6. The van der Waals surface area contributed by atoms with Crippen LogP contribution in [0.3, 0.4) is 0 Å². The molecule has 0 unspecified atom stereocenters. The van der Waals surface area contributed by atoms with E-state index < -0.39 is 5.82 Å². The van der Waals surface area contributed by atoms with E-state index in [4.69, 9.17) is 0 Å². The molecular weight excluding hydrogens is 411 g/mol. The van der Waals surface area contributed by atoms with Crippen LogP contribution in [0.2, 0.25) is 0 Å². The van der Waals surface area contributed by atoms with E-state index >= 15 is 0 Å². The number of carbonyl (C=O) groups is 2. The van der Waals surface area contributed by atoms with Gasteiger partial charge in [0, 0.05) is 44.6 Å². The van der Waals surface area contributed by atoms with Gasteiger partial charge in [0.25, 0.3) is 11.5 Å². The molecule has 0 radical (unpaired) electrons. The van der Waals surface area contributed by atoms with Crippen LogP contribution in [0.1, 0.15) is 34.6 Å². The molecule has 166 valence electrons. The fraction of sp³-hybridized carbons (Fsp3) is 0.333. The molecule has 2 aromatic carbocycles. The number of aryl methyl sites for hydroxylation is 2. The lowest BCUT2D eigenvalue weighted by atomic mass is 10.1. The third kappa shape index (κ3) is 4.69. The Bertz CT molecular complexity index is 1220. The van der Waals surface area contributed by atoms with Crippen LogP contribution < -0.4 is 5.56 Å². The van der Waals surface area contributed by atoms with Gasteiger partial charge in [-0.3, -0.25) is 14.4 Å². The van der Waals surface area contributed by atoms with E-state index in [0.717, 1.165) is 0 Å². The second kappa shape index (κ2) is 9.30. The number of carbonyl (C=O) groups excluding carboxylic acids is 2. The van der Waals surface area contributed by atoms with Gasteiger partial charge in [0.2, 0.25) is 5.91 Å². The van der Waals surface area contributed by atoms with E-state index in [0.29, 0.717) is 73.3 Å². The van der Waals surface area contributed by atoms with Crippen molar-refractivity contribution >= 4 is 22.7 Å². The standard InChI is InChI=1S/C24H25FN4O3/c1-16-9-10-17(15-19(16)25)24(32)29-13-11-28(12-14-29)22(30)8-4-7-21-26-20-6-3-2-5-18(20)23(31)27-21/h2-3,5-6,9-10,15H,4,7-8,11-14H2,1H3,(H,26,27,31). The lowest BCUT2D eigenvalue weighted by Crippen LogP contribution is -2.50. The van der Waals surface area contributed by atoms with Crippen molar-refractivity contribution < 1.29 is 14.0 Å². The molecule has 1 aromatic heterocycles. The molecule has 1 fully saturated rings. The van der Waals surface area contributed by atoms with Crippen LogP contribution in [0, 0.1) is 12.7 Å². The van der Waals surface area contributed by atoms with Crippen molar-refractivity contribution in [2.75, 3.05) is 26.2 Å². The summed E-state index contributed by atoms with van der Waals surface area (Å²) in [5.41, 5.74) is 1.29. The van der Waals surface area contributed by atoms with E-state index in [1.54, 1.807) is 47.1 Å². The van der Waals surface area contributed by atoms with Crippen molar-refractivity contribution in [3.63, 3.8) is 0 Å². The first-order valence-corrected chi connectivity index (χ1v) is 10.7. The highest BCUT2D eigenvalue weighted by atomic mass is 19.1. The number of piperazine rings is 1. The Morgan fingerprint density at radius 2 is 1.78 bits per heavy atom. The number of rotatable bonds is 5. The van der Waals surface area contributed by atoms with Crippen LogP contribution in [0.4, 0.5) is 4.39 Å². The van der Waals surface area contributed by atoms with E-state index in [1.165, 1.54) is 6.07 Å². The lowest BCUT2D eigenvalue weighted by Gasteiger charge is -2.35. The van der Waals surface area contributed by atoms with Crippen LogP contribution in [-0.4, -0.2) is 57.8 Å². The molecule has 0 saturated carbocycles. The number of aromatic amines is 1. The number of fused-ring (bicyclic) bond motifs is 1. The van der Waals surface area contributed by atoms with E-state index in [1.807, 2.05) is 6.07 Å². The van der Waals surface area contributed by atoms with Gasteiger partial charge in [-0.25, -0.2) is 9.37 Å². The minimum Gasteiger partial charge on any atom is -0.339 e. The quantitative estimate of drug-likeness (QED) is 0.666. The number of benzene rings is 2. The summed E-state index contributed by atoms with van der Waals surface area (Å²) in [5, 5.41) is 0.549. The van der Waals surface area contributed by atoms with Crippen molar-refractivity contribution in [2.45, 2.75) is 26.2 Å². The van der Waals surface area contributed by atoms with Crippen molar-refractivity contribution in [1.82, 2.24) is 19.8 Å². The molecule has 1 N–H and O–H groups in total. The third-order valence-electron chi connectivity index (χ3n) is 5.80. The van der Waals surface area contributed by atoms with Gasteiger partial charge in [0.05, 0.1) is 10.9 Å². The SMILES string of the molecule is Cc1ccc(C(=O)N2CCN(C(=O)CCCc3nc4ccccc4c(=O)[nH]3)CC2)cc1F. The van der Waals surface area contributed by atoms with Crippen molar-refractivity contribution in [1.29, 1.82) is 0 Å². The largest absolute Gasteiger partial charge is 0.339 e. The minimum atomic E-state index is -0.396. The normalized spacial score (nSPS) is 14.1. The van der Waals surface area contributed by atoms with Gasteiger partial charge >= 0.3 is 0 Å². The Hall–Kier alpha value is -3.55. The number of nitrogens with zero attached hydrogens (tertiary/aromatic N) is 3. The molecule has 4 rings (SSSR count). The molecule has 32 heavy (non-hydrogen) atoms. The van der Waals surface area contributed by atoms with Crippen LogP contribution >= 0.6 is 0 Å². The topological polar surface area (TPSA) is 86.4 Å². The molecule has 2 heterocycles. The monoisotopic (exact) mass is 436 g/mol. The first kappa shape index (κ1) is 21.7. The smallest absolute Gasteiger partial charge is 0.258 e. The summed E-state index contributed by atoms with van der Waals surface area (Å²) in [6.07, 6.45) is 1.42. The van der Waals surface area contributed by atoms with Gasteiger partial charge in [0.1, 0.15) is 11.6 Å². The fourth-order valence-electron chi connectivity index (χ4n) is 3.89. The molecule has 7 nitrogen and oxygen atoms in total. The van der Waals surface area contributed by atoms with E-state index in [9.17, 15) is 18.8 Å². The molecule has 0 atom stereocenters. The molecule has 8 heteroatoms. The molecule has 2 amide bonds. The number of halogens is 1. The molecule has 0 spiro atoms. The molecule has 0 bridgehead atoms. The maximum Gasteiger partial charge on any atom is 0.258 e.